The maximum Gasteiger partial charge on any atom is 0.419 e. The van der Waals surface area contributed by atoms with E-state index in [0.717, 1.165) is 10.8 Å². The zero-order chi connectivity index (χ0) is 10.8. The average Bonchev–Trinajstić information content (AvgIpc) is 2.55. The Morgan fingerprint density at radius 1 is 1.40 bits per heavy atom. The highest BCUT2D eigenvalue weighted by atomic mass is 79.9. The van der Waals surface area contributed by atoms with Crippen molar-refractivity contribution in [2.45, 2.75) is 11.4 Å². The van der Waals surface area contributed by atoms with Crippen LogP contribution in [-0.4, -0.2) is 14.7 Å². The molecule has 0 aliphatic rings. The number of para-hydroxylation sites is 2. The molecule has 0 amide bonds. The van der Waals surface area contributed by atoms with Gasteiger partial charge in [0.25, 0.3) is 0 Å². The summed E-state index contributed by atoms with van der Waals surface area (Å²) >= 11 is 6.83. The third kappa shape index (κ3) is 2.18. The Morgan fingerprint density at radius 3 is 2.87 bits per heavy atom. The van der Waals surface area contributed by atoms with Crippen molar-refractivity contribution in [1.82, 2.24) is 4.57 Å². The summed E-state index contributed by atoms with van der Waals surface area (Å²) in [4.78, 5) is 11.8. The van der Waals surface area contributed by atoms with Crippen molar-refractivity contribution in [3.8, 4) is 0 Å². The first kappa shape index (κ1) is 11.0. The lowest BCUT2D eigenvalue weighted by atomic mass is 10.3. The third-order valence-corrected chi connectivity index (χ3v) is 4.39. The zero-order valence-corrected chi connectivity index (χ0v) is 11.0. The Morgan fingerprint density at radius 2 is 2.13 bits per heavy atom. The average molecular weight is 335 g/mol. The number of halogens is 2. The molecule has 80 valence electrons. The Bertz CT molecular complexity index is 517. The maximum atomic E-state index is 11.6. The predicted molar refractivity (Wildman–Crippen MR) is 67.0 cm³/mol. The maximum absolute atomic E-state index is 11.6. The Kier molecular flexibility index (Phi) is 3.31. The highest BCUT2D eigenvalue weighted by molar-refractivity contribution is 9.12. The van der Waals surface area contributed by atoms with Crippen molar-refractivity contribution in [1.29, 1.82) is 0 Å². The first-order valence-corrected chi connectivity index (χ1v) is 6.54. The predicted octanol–water partition coefficient (Wildman–Crippen LogP) is 2.75. The molecule has 0 radical (unpaired) electrons. The standard InChI is InChI=1S/C10H9Br2NO2/c11-5-7(12)6-13-8-3-1-2-4-9(8)15-10(13)14/h1-4,7H,5-6H2. The first-order chi connectivity index (χ1) is 7.22. The van der Waals surface area contributed by atoms with E-state index in [9.17, 15) is 4.79 Å². The summed E-state index contributed by atoms with van der Waals surface area (Å²) in [6.07, 6.45) is 0. The van der Waals surface area contributed by atoms with Crippen LogP contribution in [0.5, 0.6) is 0 Å². The number of benzene rings is 1. The Hall–Kier alpha value is -0.550. The molecule has 0 fully saturated rings. The normalized spacial score (nSPS) is 13.2. The number of hydrogen-bond donors (Lipinski definition) is 0. The number of nitrogens with zero attached hydrogens (tertiary/aromatic N) is 1. The smallest absolute Gasteiger partial charge is 0.408 e. The van der Waals surface area contributed by atoms with Crippen LogP contribution >= 0.6 is 31.9 Å². The highest BCUT2D eigenvalue weighted by Crippen LogP contribution is 2.14. The first-order valence-electron chi connectivity index (χ1n) is 4.51. The van der Waals surface area contributed by atoms with Crippen molar-refractivity contribution in [2.24, 2.45) is 0 Å². The van der Waals surface area contributed by atoms with Gasteiger partial charge in [0.1, 0.15) is 0 Å². The monoisotopic (exact) mass is 333 g/mol. The van der Waals surface area contributed by atoms with E-state index in [1.807, 2.05) is 18.2 Å². The van der Waals surface area contributed by atoms with Crippen LogP contribution in [0.1, 0.15) is 0 Å². The summed E-state index contributed by atoms with van der Waals surface area (Å²) < 4.78 is 6.75. The fourth-order valence-corrected chi connectivity index (χ4v) is 1.93. The topological polar surface area (TPSA) is 35.1 Å². The molecule has 0 saturated carbocycles. The molecule has 0 bridgehead atoms. The molecule has 0 spiro atoms. The summed E-state index contributed by atoms with van der Waals surface area (Å²) in [5.41, 5.74) is 1.48. The van der Waals surface area contributed by atoms with Crippen molar-refractivity contribution in [3.63, 3.8) is 0 Å². The van der Waals surface area contributed by atoms with Gasteiger partial charge in [-0.2, -0.15) is 0 Å². The van der Waals surface area contributed by atoms with E-state index in [4.69, 9.17) is 4.42 Å². The molecule has 2 aromatic rings. The van der Waals surface area contributed by atoms with Crippen LogP contribution in [-0.2, 0) is 6.54 Å². The number of hydrogen-bond acceptors (Lipinski definition) is 2. The second-order valence-corrected chi connectivity index (χ2v) is 5.14. The highest BCUT2D eigenvalue weighted by Gasteiger charge is 2.11. The van der Waals surface area contributed by atoms with Gasteiger partial charge in [0.15, 0.2) is 5.58 Å². The largest absolute Gasteiger partial charge is 0.419 e. The minimum Gasteiger partial charge on any atom is -0.408 e. The molecule has 15 heavy (non-hydrogen) atoms. The molecule has 0 aliphatic heterocycles. The van der Waals surface area contributed by atoms with Crippen LogP contribution in [0.2, 0.25) is 0 Å². The lowest BCUT2D eigenvalue weighted by Crippen LogP contribution is -2.20. The molecule has 1 heterocycles. The quantitative estimate of drug-likeness (QED) is 0.809. The molecular formula is C10H9Br2NO2. The van der Waals surface area contributed by atoms with Crippen LogP contribution in [0.25, 0.3) is 11.1 Å². The van der Waals surface area contributed by atoms with Crippen molar-refractivity contribution in [2.75, 3.05) is 5.33 Å². The van der Waals surface area contributed by atoms with E-state index in [1.54, 1.807) is 10.6 Å². The van der Waals surface area contributed by atoms with Crippen molar-refractivity contribution < 1.29 is 4.42 Å². The van der Waals surface area contributed by atoms with Gasteiger partial charge in [-0.25, -0.2) is 4.79 Å². The van der Waals surface area contributed by atoms with Crippen LogP contribution < -0.4 is 5.76 Å². The van der Waals surface area contributed by atoms with E-state index in [2.05, 4.69) is 31.9 Å². The second-order valence-electron chi connectivity index (χ2n) is 3.20. The molecule has 1 atom stereocenters. The van der Waals surface area contributed by atoms with E-state index in [-0.39, 0.29) is 10.6 Å². The number of rotatable bonds is 3. The van der Waals surface area contributed by atoms with Gasteiger partial charge in [-0.05, 0) is 12.1 Å². The summed E-state index contributed by atoms with van der Waals surface area (Å²) in [6, 6.07) is 7.43. The number of oxazole rings is 1. The number of alkyl halides is 2. The molecule has 3 nitrogen and oxygen atoms in total. The van der Waals surface area contributed by atoms with Gasteiger partial charge in [-0.3, -0.25) is 4.57 Å². The molecule has 0 saturated heterocycles. The van der Waals surface area contributed by atoms with Gasteiger partial charge >= 0.3 is 5.76 Å². The van der Waals surface area contributed by atoms with Gasteiger partial charge in [-0.15, -0.1) is 0 Å². The second kappa shape index (κ2) is 4.53. The fourth-order valence-electron chi connectivity index (χ4n) is 1.43. The van der Waals surface area contributed by atoms with E-state index in [0.29, 0.717) is 12.1 Å². The fraction of sp³-hybridized carbons (Fsp3) is 0.300. The van der Waals surface area contributed by atoms with Crippen molar-refractivity contribution >= 4 is 43.0 Å². The van der Waals surface area contributed by atoms with Gasteiger partial charge in [0, 0.05) is 16.7 Å². The molecule has 1 aromatic heterocycles. The summed E-state index contributed by atoms with van der Waals surface area (Å²) in [5, 5.41) is 0.791. The molecule has 1 unspecified atom stereocenters. The van der Waals surface area contributed by atoms with Crippen LogP contribution in [0.15, 0.2) is 33.5 Å². The van der Waals surface area contributed by atoms with E-state index >= 15 is 0 Å². The lowest BCUT2D eigenvalue weighted by Gasteiger charge is -2.05. The minimum atomic E-state index is -0.304. The molecule has 5 heteroatoms. The number of fused-ring (bicyclic) bond motifs is 1. The van der Waals surface area contributed by atoms with Crippen molar-refractivity contribution in [3.05, 3.63) is 34.8 Å². The van der Waals surface area contributed by atoms with Gasteiger partial charge in [0.2, 0.25) is 0 Å². The van der Waals surface area contributed by atoms with E-state index in [1.165, 1.54) is 0 Å². The van der Waals surface area contributed by atoms with Gasteiger partial charge in [0.05, 0.1) is 5.52 Å². The Balaban J connectivity index is 2.50. The molecule has 0 aliphatic carbocycles. The molecule has 1 aromatic carbocycles. The van der Waals surface area contributed by atoms with Gasteiger partial charge < -0.3 is 4.42 Å². The summed E-state index contributed by atoms with van der Waals surface area (Å²) in [6.45, 7) is 0.598. The summed E-state index contributed by atoms with van der Waals surface area (Å²) in [5.74, 6) is -0.304. The summed E-state index contributed by atoms with van der Waals surface area (Å²) in [7, 11) is 0. The van der Waals surface area contributed by atoms with Crippen LogP contribution in [0.4, 0.5) is 0 Å². The SMILES string of the molecule is O=c1oc2ccccc2n1CC(Br)CBr. The Labute approximate surface area is 103 Å². The number of aromatic nitrogens is 1. The van der Waals surface area contributed by atoms with E-state index < -0.39 is 0 Å². The lowest BCUT2D eigenvalue weighted by molar-refractivity contribution is 0.506. The van der Waals surface area contributed by atoms with Crippen LogP contribution in [0.3, 0.4) is 0 Å². The zero-order valence-electron chi connectivity index (χ0n) is 7.82. The van der Waals surface area contributed by atoms with Gasteiger partial charge in [-0.1, -0.05) is 44.0 Å². The third-order valence-electron chi connectivity index (χ3n) is 2.12. The molecule has 0 N–H and O–H groups in total. The minimum absolute atomic E-state index is 0.219. The molecule has 2 rings (SSSR count). The van der Waals surface area contributed by atoms with Crippen LogP contribution in [0, 0.1) is 0 Å². The molecular weight excluding hydrogens is 326 g/mol.